The smallest absolute Gasteiger partial charge is 0.250 e. The zero-order chi connectivity index (χ0) is 12.7. The van der Waals surface area contributed by atoms with Crippen LogP contribution in [0.15, 0.2) is 16.3 Å². The summed E-state index contributed by atoms with van der Waals surface area (Å²) < 4.78 is 26.8. The number of thioether (sulfide) groups is 1. The van der Waals surface area contributed by atoms with Crippen LogP contribution in [-0.4, -0.2) is 34.0 Å². The molecule has 0 aromatic carbocycles. The molecule has 0 atom stereocenters. The number of hydrogen-bond donors (Lipinski definition) is 2. The summed E-state index contributed by atoms with van der Waals surface area (Å²) in [6, 6.07) is 3.51. The van der Waals surface area contributed by atoms with Crippen LogP contribution in [0.4, 0.5) is 0 Å². The van der Waals surface area contributed by atoms with Crippen LogP contribution in [0.1, 0.15) is 11.3 Å². The van der Waals surface area contributed by atoms with E-state index in [0.717, 1.165) is 17.1 Å². The highest BCUT2D eigenvalue weighted by atomic mass is 32.2. The summed E-state index contributed by atoms with van der Waals surface area (Å²) in [6.07, 6.45) is 2.87. The Kier molecular flexibility index (Phi) is 6.50. The van der Waals surface area contributed by atoms with Gasteiger partial charge in [0, 0.05) is 18.0 Å². The molecule has 0 aliphatic carbocycles. The highest BCUT2D eigenvalue weighted by Gasteiger charge is 2.15. The highest BCUT2D eigenvalue weighted by Crippen LogP contribution is 2.21. The quantitative estimate of drug-likeness (QED) is 0.713. The van der Waals surface area contributed by atoms with Gasteiger partial charge >= 0.3 is 0 Å². The third kappa shape index (κ3) is 4.97. The van der Waals surface area contributed by atoms with E-state index in [2.05, 4.69) is 10.0 Å². The van der Waals surface area contributed by atoms with Gasteiger partial charge in [-0.05, 0) is 37.6 Å². The van der Waals surface area contributed by atoms with Crippen molar-refractivity contribution in [2.24, 2.45) is 0 Å². The fourth-order valence-electron chi connectivity index (χ4n) is 1.27. The molecule has 1 aromatic heterocycles. The standard InChI is InChI=1S/C10H18N2O2S3/c1-11-8-9-4-5-10(16-9)17(13,14)12-6-3-7-15-2/h4-5,11-12H,3,6-8H2,1-2H3. The van der Waals surface area contributed by atoms with Crippen molar-refractivity contribution in [3.8, 4) is 0 Å². The van der Waals surface area contributed by atoms with Crippen molar-refractivity contribution in [2.45, 2.75) is 17.2 Å². The van der Waals surface area contributed by atoms with Gasteiger partial charge in [-0.15, -0.1) is 11.3 Å². The van der Waals surface area contributed by atoms with Crippen LogP contribution >= 0.6 is 23.1 Å². The van der Waals surface area contributed by atoms with Crippen LogP contribution in [0.5, 0.6) is 0 Å². The minimum atomic E-state index is -3.31. The van der Waals surface area contributed by atoms with Gasteiger partial charge in [0.2, 0.25) is 10.0 Å². The van der Waals surface area contributed by atoms with Crippen LogP contribution < -0.4 is 10.0 Å². The molecule has 0 fully saturated rings. The van der Waals surface area contributed by atoms with E-state index < -0.39 is 10.0 Å². The number of thiophene rings is 1. The second-order valence-corrected chi connectivity index (χ2v) is 7.64. The normalized spacial score (nSPS) is 11.9. The molecule has 0 bridgehead atoms. The van der Waals surface area contributed by atoms with Gasteiger partial charge in [-0.25, -0.2) is 13.1 Å². The first-order valence-corrected chi connectivity index (χ1v) is 9.01. The maximum Gasteiger partial charge on any atom is 0.250 e. The Labute approximate surface area is 111 Å². The molecule has 0 aliphatic heterocycles. The van der Waals surface area contributed by atoms with Crippen molar-refractivity contribution >= 4 is 33.1 Å². The molecule has 2 N–H and O–H groups in total. The molecule has 17 heavy (non-hydrogen) atoms. The van der Waals surface area contributed by atoms with Gasteiger partial charge in [0.15, 0.2) is 0 Å². The fourth-order valence-corrected chi connectivity index (χ4v) is 4.19. The molecule has 1 aromatic rings. The lowest BCUT2D eigenvalue weighted by molar-refractivity contribution is 0.583. The second kappa shape index (κ2) is 7.38. The van der Waals surface area contributed by atoms with Gasteiger partial charge in [0.25, 0.3) is 0 Å². The molecule has 1 rings (SSSR count). The largest absolute Gasteiger partial charge is 0.315 e. The fraction of sp³-hybridized carbons (Fsp3) is 0.600. The molecule has 98 valence electrons. The minimum Gasteiger partial charge on any atom is -0.315 e. The average molecular weight is 294 g/mol. The molecule has 0 spiro atoms. The van der Waals surface area contributed by atoms with Gasteiger partial charge in [-0.2, -0.15) is 11.8 Å². The van der Waals surface area contributed by atoms with Crippen LogP contribution in [0, 0.1) is 0 Å². The molecule has 4 nitrogen and oxygen atoms in total. The van der Waals surface area contributed by atoms with E-state index >= 15 is 0 Å². The summed E-state index contributed by atoms with van der Waals surface area (Å²) in [5.74, 6) is 0.970. The second-order valence-electron chi connectivity index (χ2n) is 3.50. The first kappa shape index (κ1) is 15.0. The summed E-state index contributed by atoms with van der Waals surface area (Å²) in [6.45, 7) is 1.20. The molecule has 7 heteroatoms. The first-order valence-electron chi connectivity index (χ1n) is 5.32. The number of sulfonamides is 1. The van der Waals surface area contributed by atoms with Crippen molar-refractivity contribution in [1.82, 2.24) is 10.0 Å². The summed E-state index contributed by atoms with van der Waals surface area (Å²) in [4.78, 5) is 1.02. The molecule has 0 radical (unpaired) electrons. The number of nitrogens with one attached hydrogen (secondary N) is 2. The minimum absolute atomic E-state index is 0.395. The van der Waals surface area contributed by atoms with Crippen molar-refractivity contribution in [1.29, 1.82) is 0 Å². The Morgan fingerprint density at radius 1 is 1.41 bits per heavy atom. The van der Waals surface area contributed by atoms with E-state index in [1.165, 1.54) is 11.3 Å². The molecular weight excluding hydrogens is 276 g/mol. The topological polar surface area (TPSA) is 58.2 Å². The van der Waals surface area contributed by atoms with Crippen LogP contribution in [-0.2, 0) is 16.6 Å². The number of rotatable bonds is 8. The Hall–Kier alpha value is -0.0800. The van der Waals surface area contributed by atoms with Gasteiger partial charge < -0.3 is 5.32 Å². The lowest BCUT2D eigenvalue weighted by Gasteiger charge is -2.03. The van der Waals surface area contributed by atoms with Crippen LogP contribution in [0.2, 0.25) is 0 Å². The van der Waals surface area contributed by atoms with Crippen molar-refractivity contribution < 1.29 is 8.42 Å². The Morgan fingerprint density at radius 2 is 2.18 bits per heavy atom. The highest BCUT2D eigenvalue weighted by molar-refractivity contribution is 7.98. The van der Waals surface area contributed by atoms with E-state index in [1.807, 2.05) is 19.4 Å². The lowest BCUT2D eigenvalue weighted by Crippen LogP contribution is -2.24. The molecule has 1 heterocycles. The van der Waals surface area contributed by atoms with E-state index in [1.54, 1.807) is 17.8 Å². The predicted molar refractivity (Wildman–Crippen MR) is 75.3 cm³/mol. The molecule has 0 saturated heterocycles. The van der Waals surface area contributed by atoms with E-state index in [0.29, 0.717) is 17.3 Å². The lowest BCUT2D eigenvalue weighted by atomic mass is 10.5. The van der Waals surface area contributed by atoms with Crippen LogP contribution in [0.3, 0.4) is 0 Å². The first-order chi connectivity index (χ1) is 8.10. The number of hydrogen-bond acceptors (Lipinski definition) is 5. The predicted octanol–water partition coefficient (Wildman–Crippen LogP) is 1.50. The molecule has 0 unspecified atom stereocenters. The van der Waals surface area contributed by atoms with Gasteiger partial charge in [0.1, 0.15) is 4.21 Å². The summed E-state index contributed by atoms with van der Waals surface area (Å²) in [5, 5.41) is 3.00. The van der Waals surface area contributed by atoms with Crippen LogP contribution in [0.25, 0.3) is 0 Å². The Bertz CT molecular complexity index is 429. The van der Waals surface area contributed by atoms with Crippen molar-refractivity contribution in [3.63, 3.8) is 0 Å². The molecular formula is C10H18N2O2S3. The summed E-state index contributed by atoms with van der Waals surface area (Å²) in [7, 11) is -1.46. The maximum absolute atomic E-state index is 11.9. The molecule has 0 saturated carbocycles. The van der Waals surface area contributed by atoms with Gasteiger partial charge in [0.05, 0.1) is 0 Å². The van der Waals surface area contributed by atoms with E-state index in [9.17, 15) is 8.42 Å². The van der Waals surface area contributed by atoms with Crippen molar-refractivity contribution in [2.75, 3.05) is 25.6 Å². The van der Waals surface area contributed by atoms with E-state index in [-0.39, 0.29) is 0 Å². The zero-order valence-corrected chi connectivity index (χ0v) is 12.5. The maximum atomic E-state index is 11.9. The molecule has 0 aliphatic rings. The third-order valence-corrected chi connectivity index (χ3v) is 5.81. The Balaban J connectivity index is 2.56. The van der Waals surface area contributed by atoms with E-state index in [4.69, 9.17) is 0 Å². The summed E-state index contributed by atoms with van der Waals surface area (Å²) >= 11 is 3.03. The zero-order valence-electron chi connectivity index (χ0n) is 10.0. The van der Waals surface area contributed by atoms with Gasteiger partial charge in [-0.1, -0.05) is 0 Å². The summed E-state index contributed by atoms with van der Waals surface area (Å²) in [5.41, 5.74) is 0. The SMILES string of the molecule is CNCc1ccc(S(=O)(=O)NCCCSC)s1. The average Bonchev–Trinajstić information content (AvgIpc) is 2.74. The van der Waals surface area contributed by atoms with Gasteiger partial charge in [-0.3, -0.25) is 0 Å². The van der Waals surface area contributed by atoms with Crippen molar-refractivity contribution in [3.05, 3.63) is 17.0 Å². The molecule has 0 amide bonds. The Morgan fingerprint density at radius 3 is 2.82 bits per heavy atom. The third-order valence-electron chi connectivity index (χ3n) is 2.07. The monoisotopic (exact) mass is 294 g/mol.